The number of benzene rings is 1. The minimum Gasteiger partial charge on any atom is -0.467 e. The summed E-state index contributed by atoms with van der Waals surface area (Å²) in [4.78, 5) is 26.8. The van der Waals surface area contributed by atoms with E-state index in [9.17, 15) is 9.59 Å². The van der Waals surface area contributed by atoms with Crippen LogP contribution >= 0.6 is 0 Å². The maximum absolute atomic E-state index is 12.7. The highest BCUT2D eigenvalue weighted by atomic mass is 16.6. The number of ether oxygens (including phenoxy) is 2. The van der Waals surface area contributed by atoms with Gasteiger partial charge < -0.3 is 14.8 Å². The Kier molecular flexibility index (Phi) is 7.25. The van der Waals surface area contributed by atoms with Gasteiger partial charge in [0.25, 0.3) is 0 Å². The fraction of sp³-hybridized carbons (Fsp3) is 0.619. The van der Waals surface area contributed by atoms with Crippen LogP contribution < -0.4 is 5.32 Å². The van der Waals surface area contributed by atoms with E-state index >= 15 is 0 Å². The Morgan fingerprint density at radius 1 is 1.22 bits per heavy atom. The van der Waals surface area contributed by atoms with Gasteiger partial charge in [0.15, 0.2) is 0 Å². The van der Waals surface area contributed by atoms with Crippen LogP contribution in [0.4, 0.5) is 4.79 Å². The molecule has 150 valence electrons. The quantitative estimate of drug-likeness (QED) is 0.583. The zero-order valence-electron chi connectivity index (χ0n) is 16.9. The Bertz CT molecular complexity index is 627. The van der Waals surface area contributed by atoms with Crippen LogP contribution in [0.5, 0.6) is 0 Å². The van der Waals surface area contributed by atoms with Gasteiger partial charge in [0, 0.05) is 13.1 Å². The lowest BCUT2D eigenvalue weighted by molar-refractivity contribution is -0.153. The van der Waals surface area contributed by atoms with Crippen LogP contribution in [0.3, 0.4) is 0 Å². The fourth-order valence-electron chi connectivity index (χ4n) is 3.56. The van der Waals surface area contributed by atoms with Crippen LogP contribution in [-0.4, -0.2) is 48.3 Å². The second-order valence-corrected chi connectivity index (χ2v) is 8.02. The Labute approximate surface area is 162 Å². The lowest BCUT2D eigenvalue weighted by Crippen LogP contribution is -2.55. The Balaban J connectivity index is 1.96. The maximum atomic E-state index is 12.7. The molecule has 6 heteroatoms. The van der Waals surface area contributed by atoms with Crippen molar-refractivity contribution in [2.75, 3.05) is 20.2 Å². The second kappa shape index (κ2) is 9.22. The van der Waals surface area contributed by atoms with Crippen molar-refractivity contribution in [3.05, 3.63) is 35.9 Å². The van der Waals surface area contributed by atoms with Gasteiger partial charge in [-0.05, 0) is 58.6 Å². The minimum absolute atomic E-state index is 0.353. The highest BCUT2D eigenvalue weighted by Gasteiger charge is 2.51. The smallest absolute Gasteiger partial charge is 0.411 e. The molecule has 0 unspecified atom stereocenters. The van der Waals surface area contributed by atoms with Crippen LogP contribution in [-0.2, 0) is 20.8 Å². The molecule has 27 heavy (non-hydrogen) atoms. The normalized spacial score (nSPS) is 19.8. The van der Waals surface area contributed by atoms with Gasteiger partial charge in [0.2, 0.25) is 0 Å². The molecule has 1 atom stereocenters. The number of esters is 1. The summed E-state index contributed by atoms with van der Waals surface area (Å²) in [6, 6.07) is 10.2. The number of methoxy groups -OCH3 is 1. The summed E-state index contributed by atoms with van der Waals surface area (Å²) >= 11 is 0. The predicted octanol–water partition coefficient (Wildman–Crippen LogP) is 3.50. The molecule has 1 aliphatic rings. The van der Waals surface area contributed by atoms with Gasteiger partial charge in [-0.1, -0.05) is 30.3 Å². The molecule has 1 heterocycles. The molecular weight excluding hydrogens is 344 g/mol. The van der Waals surface area contributed by atoms with Crippen LogP contribution in [0.1, 0.15) is 52.0 Å². The summed E-state index contributed by atoms with van der Waals surface area (Å²) in [6.45, 7) is 7.54. The third kappa shape index (κ3) is 5.70. The van der Waals surface area contributed by atoms with Crippen molar-refractivity contribution in [2.24, 2.45) is 0 Å². The number of hydrogen-bond acceptors (Lipinski definition) is 5. The number of rotatable bonds is 7. The van der Waals surface area contributed by atoms with Crippen LogP contribution in [0, 0.1) is 0 Å². The van der Waals surface area contributed by atoms with E-state index in [0.717, 1.165) is 25.9 Å². The van der Waals surface area contributed by atoms with Crippen LogP contribution in [0.15, 0.2) is 30.3 Å². The molecule has 1 fully saturated rings. The first-order valence-corrected chi connectivity index (χ1v) is 9.62. The molecule has 0 saturated carbocycles. The number of amides is 1. The topological polar surface area (TPSA) is 67.9 Å². The van der Waals surface area contributed by atoms with Gasteiger partial charge in [0.05, 0.1) is 7.11 Å². The second-order valence-electron chi connectivity index (χ2n) is 8.02. The van der Waals surface area contributed by atoms with Crippen molar-refractivity contribution in [2.45, 2.75) is 64.1 Å². The first-order valence-electron chi connectivity index (χ1n) is 9.62. The minimum atomic E-state index is -0.925. The third-order valence-electron chi connectivity index (χ3n) is 4.78. The van der Waals surface area contributed by atoms with E-state index in [0.29, 0.717) is 19.4 Å². The van der Waals surface area contributed by atoms with Gasteiger partial charge in [0.1, 0.15) is 11.1 Å². The highest BCUT2D eigenvalue weighted by molar-refractivity contribution is 5.86. The third-order valence-corrected chi connectivity index (χ3v) is 4.78. The van der Waals surface area contributed by atoms with Gasteiger partial charge in [-0.15, -0.1) is 0 Å². The first kappa shape index (κ1) is 21.2. The van der Waals surface area contributed by atoms with E-state index in [1.807, 2.05) is 39.0 Å². The van der Waals surface area contributed by atoms with Gasteiger partial charge >= 0.3 is 12.1 Å². The molecule has 6 nitrogen and oxygen atoms in total. The Morgan fingerprint density at radius 3 is 2.56 bits per heavy atom. The Hall–Kier alpha value is -2.08. The van der Waals surface area contributed by atoms with Crippen LogP contribution in [0.25, 0.3) is 0 Å². The average Bonchev–Trinajstić information content (AvgIpc) is 3.05. The molecule has 1 amide bonds. The molecule has 0 radical (unpaired) electrons. The molecule has 1 aromatic rings. The molecule has 1 N–H and O–H groups in total. The van der Waals surface area contributed by atoms with E-state index in [2.05, 4.69) is 17.4 Å². The molecule has 1 aromatic carbocycles. The molecule has 0 spiro atoms. The standard InChI is InChI=1S/C21H32N2O4/c1-20(2,3)27-19(25)23-15-9-13-21(23,18(24)26-4)12-8-14-22-16-17-10-6-5-7-11-17/h5-7,10-11,22H,8-9,12-16H2,1-4H3/t21-/m1/s1. The van der Waals surface area contributed by atoms with E-state index in [1.165, 1.54) is 12.7 Å². The van der Waals surface area contributed by atoms with Crippen molar-refractivity contribution in [3.63, 3.8) is 0 Å². The zero-order chi connectivity index (χ0) is 19.9. The summed E-state index contributed by atoms with van der Waals surface area (Å²) in [6.07, 6.45) is 2.26. The van der Waals surface area contributed by atoms with Crippen molar-refractivity contribution in [1.82, 2.24) is 10.2 Å². The van der Waals surface area contributed by atoms with Crippen molar-refractivity contribution in [1.29, 1.82) is 0 Å². The van der Waals surface area contributed by atoms with Crippen molar-refractivity contribution >= 4 is 12.1 Å². The molecule has 1 saturated heterocycles. The largest absolute Gasteiger partial charge is 0.467 e. The van der Waals surface area contributed by atoms with E-state index in [1.54, 1.807) is 4.90 Å². The molecule has 0 aliphatic carbocycles. The molecular formula is C21H32N2O4. The summed E-state index contributed by atoms with van der Waals surface area (Å²) in [7, 11) is 1.38. The summed E-state index contributed by atoms with van der Waals surface area (Å²) < 4.78 is 10.6. The van der Waals surface area contributed by atoms with Gasteiger partial charge in [-0.25, -0.2) is 9.59 Å². The number of hydrogen-bond donors (Lipinski definition) is 1. The number of carbonyl (C=O) groups excluding carboxylic acids is 2. The number of likely N-dealkylation sites (tertiary alicyclic amines) is 1. The van der Waals surface area contributed by atoms with Gasteiger partial charge in [-0.2, -0.15) is 0 Å². The number of carbonyl (C=O) groups is 2. The highest BCUT2D eigenvalue weighted by Crippen LogP contribution is 2.36. The summed E-state index contributed by atoms with van der Waals surface area (Å²) in [5.41, 5.74) is -0.305. The lowest BCUT2D eigenvalue weighted by Gasteiger charge is -2.37. The Morgan fingerprint density at radius 2 is 1.93 bits per heavy atom. The zero-order valence-corrected chi connectivity index (χ0v) is 16.9. The predicted molar refractivity (Wildman–Crippen MR) is 104 cm³/mol. The van der Waals surface area contributed by atoms with Crippen molar-refractivity contribution < 1.29 is 19.1 Å². The molecule has 2 rings (SSSR count). The fourth-order valence-corrected chi connectivity index (χ4v) is 3.56. The molecule has 1 aliphatic heterocycles. The molecule has 0 aromatic heterocycles. The summed E-state index contributed by atoms with van der Waals surface area (Å²) in [5, 5.41) is 3.40. The average molecular weight is 376 g/mol. The van der Waals surface area contributed by atoms with Crippen molar-refractivity contribution in [3.8, 4) is 0 Å². The lowest BCUT2D eigenvalue weighted by atomic mass is 9.90. The van der Waals surface area contributed by atoms with E-state index in [-0.39, 0.29) is 5.97 Å². The monoisotopic (exact) mass is 376 g/mol. The number of nitrogens with one attached hydrogen (secondary N) is 1. The first-order chi connectivity index (χ1) is 12.8. The maximum Gasteiger partial charge on any atom is 0.411 e. The summed E-state index contributed by atoms with van der Waals surface area (Å²) in [5.74, 6) is -0.353. The van der Waals surface area contributed by atoms with E-state index in [4.69, 9.17) is 9.47 Å². The number of nitrogens with zero attached hydrogens (tertiary/aromatic N) is 1. The van der Waals surface area contributed by atoms with Gasteiger partial charge in [-0.3, -0.25) is 4.90 Å². The van der Waals surface area contributed by atoms with Crippen LogP contribution in [0.2, 0.25) is 0 Å². The SMILES string of the molecule is COC(=O)[C@@]1(CCCNCc2ccccc2)CCCN1C(=O)OC(C)(C)C. The molecule has 0 bridgehead atoms. The van der Waals surface area contributed by atoms with E-state index < -0.39 is 17.2 Å².